The molecule has 0 saturated carbocycles. The van der Waals surface area contributed by atoms with Gasteiger partial charge in [-0.2, -0.15) is 0 Å². The van der Waals surface area contributed by atoms with Gasteiger partial charge in [-0.25, -0.2) is 0 Å². The van der Waals surface area contributed by atoms with Crippen LogP contribution in [0, 0.1) is 5.92 Å². The normalized spacial score (nSPS) is 14.5. The zero-order valence-electron chi connectivity index (χ0n) is 12.7. The third-order valence-corrected chi connectivity index (χ3v) is 3.96. The van der Waals surface area contributed by atoms with Crippen molar-refractivity contribution in [1.29, 1.82) is 0 Å². The number of hydrogen-bond donors (Lipinski definition) is 1. The second kappa shape index (κ2) is 7.58. The zero-order chi connectivity index (χ0) is 13.5. The van der Waals surface area contributed by atoms with E-state index in [1.165, 1.54) is 29.5 Å². The lowest BCUT2D eigenvalue weighted by Crippen LogP contribution is -2.24. The summed E-state index contributed by atoms with van der Waals surface area (Å²) in [5.41, 5.74) is 4.46. The lowest BCUT2D eigenvalue weighted by molar-refractivity contribution is 0.382. The Balaban J connectivity index is 3.09. The monoisotopic (exact) mass is 247 g/mol. The van der Waals surface area contributed by atoms with Crippen LogP contribution in [-0.2, 0) is 12.8 Å². The molecular weight excluding hydrogens is 218 g/mol. The molecule has 0 radical (unpaired) electrons. The molecule has 0 bridgehead atoms. The van der Waals surface area contributed by atoms with Gasteiger partial charge >= 0.3 is 0 Å². The number of benzene rings is 1. The third-order valence-electron chi connectivity index (χ3n) is 3.96. The van der Waals surface area contributed by atoms with Crippen LogP contribution < -0.4 is 5.32 Å². The summed E-state index contributed by atoms with van der Waals surface area (Å²) in [5.74, 6) is 0.692. The first-order valence-corrected chi connectivity index (χ1v) is 7.46. The molecule has 1 aromatic rings. The van der Waals surface area contributed by atoms with E-state index in [0.29, 0.717) is 12.0 Å². The topological polar surface area (TPSA) is 12.0 Å². The van der Waals surface area contributed by atoms with Crippen LogP contribution in [0.25, 0.3) is 0 Å². The van der Waals surface area contributed by atoms with E-state index in [1.807, 2.05) is 0 Å². The Labute approximate surface area is 113 Å². The van der Waals surface area contributed by atoms with Crippen molar-refractivity contribution in [2.24, 2.45) is 5.92 Å². The summed E-state index contributed by atoms with van der Waals surface area (Å²) in [6.07, 6.45) is 4.78. The maximum absolute atomic E-state index is 3.53. The Bertz CT molecular complexity index is 357. The van der Waals surface area contributed by atoms with Crippen molar-refractivity contribution in [1.82, 2.24) is 5.32 Å². The standard InChI is InChI=1S/C17H29N/c1-6-9-13(4)17(18-5)16-12-14(7-2)10-11-15(16)8-3/h10-13,17-18H,6-9H2,1-5H3. The first kappa shape index (κ1) is 15.2. The molecule has 0 fully saturated rings. The maximum Gasteiger partial charge on any atom is 0.0346 e. The molecule has 1 N–H and O–H groups in total. The Hall–Kier alpha value is -0.820. The van der Waals surface area contributed by atoms with E-state index in [9.17, 15) is 0 Å². The molecule has 2 unspecified atom stereocenters. The Kier molecular flexibility index (Phi) is 6.42. The summed E-state index contributed by atoms with van der Waals surface area (Å²) in [6, 6.07) is 7.49. The summed E-state index contributed by atoms with van der Waals surface area (Å²) >= 11 is 0. The Morgan fingerprint density at radius 2 is 1.83 bits per heavy atom. The van der Waals surface area contributed by atoms with E-state index in [2.05, 4.69) is 58.3 Å². The van der Waals surface area contributed by atoms with Gasteiger partial charge in [-0.05, 0) is 48.9 Å². The molecule has 1 rings (SSSR count). The van der Waals surface area contributed by atoms with Crippen molar-refractivity contribution < 1.29 is 0 Å². The molecule has 102 valence electrons. The number of aryl methyl sites for hydroxylation is 2. The van der Waals surface area contributed by atoms with E-state index in [1.54, 1.807) is 0 Å². The van der Waals surface area contributed by atoms with Gasteiger partial charge in [0.15, 0.2) is 0 Å². The summed E-state index contributed by atoms with van der Waals surface area (Å²) in [7, 11) is 2.09. The SMILES string of the molecule is CCCC(C)C(NC)c1cc(CC)ccc1CC. The highest BCUT2D eigenvalue weighted by Gasteiger charge is 2.19. The first-order chi connectivity index (χ1) is 8.67. The molecule has 0 aromatic heterocycles. The smallest absolute Gasteiger partial charge is 0.0346 e. The molecular formula is C17H29N. The Morgan fingerprint density at radius 3 is 2.33 bits per heavy atom. The molecule has 2 atom stereocenters. The lowest BCUT2D eigenvalue weighted by atomic mass is 9.86. The third kappa shape index (κ3) is 3.58. The second-order valence-corrected chi connectivity index (χ2v) is 5.27. The van der Waals surface area contributed by atoms with Crippen molar-refractivity contribution in [3.05, 3.63) is 34.9 Å². The molecule has 18 heavy (non-hydrogen) atoms. The van der Waals surface area contributed by atoms with E-state index in [-0.39, 0.29) is 0 Å². The van der Waals surface area contributed by atoms with Gasteiger partial charge in [0, 0.05) is 6.04 Å². The van der Waals surface area contributed by atoms with Crippen molar-refractivity contribution >= 4 is 0 Å². The molecule has 0 amide bonds. The highest BCUT2D eigenvalue weighted by Crippen LogP contribution is 2.29. The molecule has 0 aliphatic heterocycles. The van der Waals surface area contributed by atoms with Crippen molar-refractivity contribution in [3.8, 4) is 0 Å². The minimum absolute atomic E-state index is 0.492. The number of nitrogens with one attached hydrogen (secondary N) is 1. The van der Waals surface area contributed by atoms with Gasteiger partial charge < -0.3 is 5.32 Å². The predicted molar refractivity (Wildman–Crippen MR) is 81.1 cm³/mol. The van der Waals surface area contributed by atoms with Gasteiger partial charge in [-0.1, -0.05) is 52.3 Å². The molecule has 1 aromatic carbocycles. The summed E-state index contributed by atoms with van der Waals surface area (Å²) in [5, 5.41) is 3.53. The fourth-order valence-corrected chi connectivity index (χ4v) is 2.84. The average molecular weight is 247 g/mol. The zero-order valence-corrected chi connectivity index (χ0v) is 12.7. The van der Waals surface area contributed by atoms with Gasteiger partial charge in [0.1, 0.15) is 0 Å². The van der Waals surface area contributed by atoms with Crippen LogP contribution in [-0.4, -0.2) is 7.05 Å². The van der Waals surface area contributed by atoms with Crippen molar-refractivity contribution in [3.63, 3.8) is 0 Å². The maximum atomic E-state index is 3.53. The van der Waals surface area contributed by atoms with Crippen LogP contribution >= 0.6 is 0 Å². The highest BCUT2D eigenvalue weighted by molar-refractivity contribution is 5.35. The molecule has 1 nitrogen and oxygen atoms in total. The number of rotatable bonds is 7. The summed E-state index contributed by atoms with van der Waals surface area (Å²) in [4.78, 5) is 0. The van der Waals surface area contributed by atoms with Gasteiger partial charge in [0.05, 0.1) is 0 Å². The first-order valence-electron chi connectivity index (χ1n) is 7.46. The van der Waals surface area contributed by atoms with Crippen LogP contribution in [0.2, 0.25) is 0 Å². The van der Waals surface area contributed by atoms with E-state index in [4.69, 9.17) is 0 Å². The minimum atomic E-state index is 0.492. The fraction of sp³-hybridized carbons (Fsp3) is 0.647. The van der Waals surface area contributed by atoms with E-state index < -0.39 is 0 Å². The molecule has 0 saturated heterocycles. The van der Waals surface area contributed by atoms with Crippen LogP contribution in [0.15, 0.2) is 18.2 Å². The van der Waals surface area contributed by atoms with Crippen LogP contribution in [0.3, 0.4) is 0 Å². The highest BCUT2D eigenvalue weighted by atomic mass is 14.9. The summed E-state index contributed by atoms with van der Waals surface area (Å²) in [6.45, 7) is 9.12. The van der Waals surface area contributed by atoms with Gasteiger partial charge in [-0.3, -0.25) is 0 Å². The summed E-state index contributed by atoms with van der Waals surface area (Å²) < 4.78 is 0. The Morgan fingerprint density at radius 1 is 1.11 bits per heavy atom. The molecule has 1 heteroatoms. The van der Waals surface area contributed by atoms with Gasteiger partial charge in [-0.15, -0.1) is 0 Å². The predicted octanol–water partition coefficient (Wildman–Crippen LogP) is 4.51. The molecule has 0 aliphatic rings. The quantitative estimate of drug-likeness (QED) is 0.747. The molecule has 0 spiro atoms. The molecule has 0 heterocycles. The minimum Gasteiger partial charge on any atom is -0.313 e. The van der Waals surface area contributed by atoms with E-state index >= 15 is 0 Å². The van der Waals surface area contributed by atoms with Crippen LogP contribution in [0.5, 0.6) is 0 Å². The van der Waals surface area contributed by atoms with Gasteiger partial charge in [0.25, 0.3) is 0 Å². The van der Waals surface area contributed by atoms with Crippen LogP contribution in [0.4, 0.5) is 0 Å². The van der Waals surface area contributed by atoms with Crippen LogP contribution in [0.1, 0.15) is 63.3 Å². The van der Waals surface area contributed by atoms with Gasteiger partial charge in [0.2, 0.25) is 0 Å². The lowest BCUT2D eigenvalue weighted by Gasteiger charge is -2.26. The average Bonchev–Trinajstić information content (AvgIpc) is 2.39. The van der Waals surface area contributed by atoms with Crippen molar-refractivity contribution in [2.45, 2.75) is 59.4 Å². The fourth-order valence-electron chi connectivity index (χ4n) is 2.84. The van der Waals surface area contributed by atoms with Crippen molar-refractivity contribution in [2.75, 3.05) is 7.05 Å². The number of hydrogen-bond acceptors (Lipinski definition) is 1. The second-order valence-electron chi connectivity index (χ2n) is 5.27. The molecule has 0 aliphatic carbocycles. The van der Waals surface area contributed by atoms with E-state index in [0.717, 1.165) is 12.8 Å². The largest absolute Gasteiger partial charge is 0.313 e.